The molecule has 1 atom stereocenters. The first-order valence-corrected chi connectivity index (χ1v) is 4.91. The van der Waals surface area contributed by atoms with E-state index in [1.807, 2.05) is 0 Å². The van der Waals surface area contributed by atoms with Gasteiger partial charge in [0.05, 0.1) is 17.7 Å². The minimum Gasteiger partial charge on any atom is -0.493 e. The molecule has 1 rings (SSSR count). The van der Waals surface area contributed by atoms with Crippen LogP contribution < -0.4 is 10.5 Å². The van der Waals surface area contributed by atoms with Crippen molar-refractivity contribution in [3.05, 3.63) is 27.7 Å². The van der Waals surface area contributed by atoms with Gasteiger partial charge in [0, 0.05) is 12.1 Å². The Labute approximate surface area is 94.0 Å². The topological polar surface area (TPSA) is 55.5 Å². The van der Waals surface area contributed by atoms with E-state index in [2.05, 4.69) is 15.9 Å². The number of hydrogen-bond donors (Lipinski definition) is 2. The number of aliphatic hydroxyl groups excluding tert-OH is 1. The van der Waals surface area contributed by atoms with E-state index in [9.17, 15) is 13.9 Å². The van der Waals surface area contributed by atoms with Crippen molar-refractivity contribution in [3.63, 3.8) is 0 Å². The SMILES string of the molecule is COc1c(C(O)CN)cc(F)c(Br)c1F. The first kappa shape index (κ1) is 12.4. The Morgan fingerprint density at radius 1 is 1.60 bits per heavy atom. The predicted octanol–water partition coefficient (Wildman–Crippen LogP) is 1.73. The fourth-order valence-electron chi connectivity index (χ4n) is 1.18. The zero-order valence-electron chi connectivity index (χ0n) is 7.93. The number of benzene rings is 1. The third-order valence-electron chi connectivity index (χ3n) is 1.93. The minimum atomic E-state index is -1.16. The Hall–Kier alpha value is -0.720. The summed E-state index contributed by atoms with van der Waals surface area (Å²) in [5.74, 6) is -1.91. The molecule has 6 heteroatoms. The lowest BCUT2D eigenvalue weighted by molar-refractivity contribution is 0.180. The third-order valence-corrected chi connectivity index (χ3v) is 2.66. The molecule has 0 saturated carbocycles. The molecule has 0 aromatic heterocycles. The zero-order chi connectivity index (χ0) is 11.6. The maximum atomic E-state index is 13.5. The van der Waals surface area contributed by atoms with E-state index >= 15 is 0 Å². The second-order valence-corrected chi connectivity index (χ2v) is 3.65. The van der Waals surface area contributed by atoms with E-state index < -0.39 is 17.7 Å². The minimum absolute atomic E-state index is 0.00167. The molecule has 15 heavy (non-hydrogen) atoms. The van der Waals surface area contributed by atoms with Crippen LogP contribution in [0.5, 0.6) is 5.75 Å². The van der Waals surface area contributed by atoms with E-state index in [1.165, 1.54) is 7.11 Å². The van der Waals surface area contributed by atoms with Crippen LogP contribution in [0.3, 0.4) is 0 Å². The molecule has 0 radical (unpaired) electrons. The van der Waals surface area contributed by atoms with Crippen LogP contribution in [0.2, 0.25) is 0 Å². The van der Waals surface area contributed by atoms with Crippen LogP contribution in [-0.2, 0) is 0 Å². The number of rotatable bonds is 3. The van der Waals surface area contributed by atoms with E-state index in [0.717, 1.165) is 6.07 Å². The third kappa shape index (κ3) is 2.27. The van der Waals surface area contributed by atoms with Gasteiger partial charge >= 0.3 is 0 Å². The molecule has 3 nitrogen and oxygen atoms in total. The molecule has 0 aliphatic rings. The summed E-state index contributed by atoms with van der Waals surface area (Å²) >= 11 is 2.73. The summed E-state index contributed by atoms with van der Waals surface area (Å²) in [6, 6.07) is 0.990. The van der Waals surface area contributed by atoms with Crippen molar-refractivity contribution >= 4 is 15.9 Å². The molecule has 0 fully saturated rings. The van der Waals surface area contributed by atoms with Gasteiger partial charge in [-0.2, -0.15) is 0 Å². The van der Waals surface area contributed by atoms with Crippen molar-refractivity contribution in [3.8, 4) is 5.75 Å². The van der Waals surface area contributed by atoms with E-state index in [-0.39, 0.29) is 22.3 Å². The van der Waals surface area contributed by atoms with Crippen molar-refractivity contribution in [2.45, 2.75) is 6.10 Å². The summed E-state index contributed by atoms with van der Waals surface area (Å²) in [7, 11) is 1.23. The molecule has 1 aromatic carbocycles. The molecular weight excluding hydrogens is 272 g/mol. The molecule has 0 spiro atoms. The van der Waals surface area contributed by atoms with Gasteiger partial charge in [-0.3, -0.25) is 0 Å². The van der Waals surface area contributed by atoms with E-state index in [4.69, 9.17) is 10.5 Å². The highest BCUT2D eigenvalue weighted by atomic mass is 79.9. The van der Waals surface area contributed by atoms with Crippen molar-refractivity contribution < 1.29 is 18.6 Å². The van der Waals surface area contributed by atoms with Crippen LogP contribution in [0.25, 0.3) is 0 Å². The standard InChI is InChI=1S/C9H10BrF2NO2/c1-15-9-4(6(14)3-13)2-5(11)7(10)8(9)12/h2,6,14H,3,13H2,1H3. The molecule has 0 bridgehead atoms. The lowest BCUT2D eigenvalue weighted by Crippen LogP contribution is -2.13. The Kier molecular flexibility index (Phi) is 4.01. The number of methoxy groups -OCH3 is 1. The highest BCUT2D eigenvalue weighted by molar-refractivity contribution is 9.10. The smallest absolute Gasteiger partial charge is 0.182 e. The zero-order valence-corrected chi connectivity index (χ0v) is 9.51. The summed E-state index contributed by atoms with van der Waals surface area (Å²) < 4.78 is 31.0. The maximum absolute atomic E-state index is 13.5. The van der Waals surface area contributed by atoms with Crippen molar-refractivity contribution in [1.82, 2.24) is 0 Å². The first-order valence-electron chi connectivity index (χ1n) is 4.12. The van der Waals surface area contributed by atoms with Gasteiger partial charge < -0.3 is 15.6 Å². The largest absolute Gasteiger partial charge is 0.493 e. The van der Waals surface area contributed by atoms with Gasteiger partial charge in [0.15, 0.2) is 11.6 Å². The second kappa shape index (κ2) is 4.87. The number of ether oxygens (including phenoxy) is 1. The Morgan fingerprint density at radius 3 is 2.67 bits per heavy atom. The summed E-state index contributed by atoms with van der Waals surface area (Å²) in [4.78, 5) is 0. The Bertz CT molecular complexity index is 374. The Morgan fingerprint density at radius 2 is 2.20 bits per heavy atom. The normalized spacial score (nSPS) is 12.7. The molecule has 0 aliphatic carbocycles. The lowest BCUT2D eigenvalue weighted by atomic mass is 10.1. The van der Waals surface area contributed by atoms with Gasteiger partial charge in [0.25, 0.3) is 0 Å². The molecular formula is C9H10BrF2NO2. The number of halogens is 3. The molecule has 3 N–H and O–H groups in total. The number of hydrogen-bond acceptors (Lipinski definition) is 3. The van der Waals surface area contributed by atoms with E-state index in [1.54, 1.807) is 0 Å². The average Bonchev–Trinajstić information content (AvgIpc) is 2.24. The van der Waals surface area contributed by atoms with Gasteiger partial charge in [0.2, 0.25) is 0 Å². The molecule has 1 unspecified atom stereocenters. The lowest BCUT2D eigenvalue weighted by Gasteiger charge is -2.14. The number of aliphatic hydroxyl groups is 1. The number of nitrogens with two attached hydrogens (primary N) is 1. The highest BCUT2D eigenvalue weighted by Gasteiger charge is 2.21. The first-order chi connectivity index (χ1) is 7.02. The molecule has 0 amide bonds. The van der Waals surface area contributed by atoms with Crippen LogP contribution in [0.1, 0.15) is 11.7 Å². The average molecular weight is 282 g/mol. The second-order valence-electron chi connectivity index (χ2n) is 2.86. The predicted molar refractivity (Wildman–Crippen MR) is 54.6 cm³/mol. The van der Waals surface area contributed by atoms with Crippen molar-refractivity contribution in [2.24, 2.45) is 5.73 Å². The van der Waals surface area contributed by atoms with E-state index in [0.29, 0.717) is 0 Å². The quantitative estimate of drug-likeness (QED) is 0.830. The molecule has 1 aromatic rings. The highest BCUT2D eigenvalue weighted by Crippen LogP contribution is 2.34. The maximum Gasteiger partial charge on any atom is 0.182 e. The van der Waals surface area contributed by atoms with Crippen LogP contribution in [-0.4, -0.2) is 18.8 Å². The molecule has 0 saturated heterocycles. The molecule has 0 heterocycles. The summed E-state index contributed by atoms with van der Waals surface area (Å²) in [5.41, 5.74) is 5.20. The van der Waals surface area contributed by atoms with Gasteiger partial charge in [0.1, 0.15) is 5.82 Å². The summed E-state index contributed by atoms with van der Waals surface area (Å²) in [6.07, 6.45) is -1.16. The van der Waals surface area contributed by atoms with Crippen LogP contribution in [0, 0.1) is 11.6 Å². The van der Waals surface area contributed by atoms with Gasteiger partial charge in [-0.05, 0) is 22.0 Å². The van der Waals surface area contributed by atoms with Crippen molar-refractivity contribution in [2.75, 3.05) is 13.7 Å². The fourth-order valence-corrected chi connectivity index (χ4v) is 1.47. The summed E-state index contributed by atoms with van der Waals surface area (Å²) in [5, 5.41) is 9.43. The van der Waals surface area contributed by atoms with Crippen LogP contribution >= 0.6 is 15.9 Å². The van der Waals surface area contributed by atoms with Crippen molar-refractivity contribution in [1.29, 1.82) is 0 Å². The van der Waals surface area contributed by atoms with Crippen LogP contribution in [0.15, 0.2) is 10.5 Å². The van der Waals surface area contributed by atoms with Gasteiger partial charge in [-0.25, -0.2) is 8.78 Å². The monoisotopic (exact) mass is 281 g/mol. The molecule has 0 aliphatic heterocycles. The Balaban J connectivity index is 3.38. The summed E-state index contributed by atoms with van der Waals surface area (Å²) in [6.45, 7) is -0.142. The van der Waals surface area contributed by atoms with Gasteiger partial charge in [-0.15, -0.1) is 0 Å². The van der Waals surface area contributed by atoms with Crippen LogP contribution in [0.4, 0.5) is 8.78 Å². The molecule has 84 valence electrons. The van der Waals surface area contributed by atoms with Gasteiger partial charge in [-0.1, -0.05) is 0 Å². The fraction of sp³-hybridized carbons (Fsp3) is 0.333.